The summed E-state index contributed by atoms with van der Waals surface area (Å²) in [7, 11) is 0. The van der Waals surface area contributed by atoms with Crippen molar-refractivity contribution in [2.75, 3.05) is 30.8 Å². The van der Waals surface area contributed by atoms with Crippen LogP contribution in [0.15, 0.2) is 24.3 Å². The molecule has 0 unspecified atom stereocenters. The number of aromatic amines is 1. The maximum atomic E-state index is 13.2. The van der Waals surface area contributed by atoms with Gasteiger partial charge in [-0.15, -0.1) is 0 Å². The number of ether oxygens (including phenoxy) is 1. The summed E-state index contributed by atoms with van der Waals surface area (Å²) in [4.78, 5) is 16.2. The van der Waals surface area contributed by atoms with Crippen molar-refractivity contribution >= 4 is 22.8 Å². The summed E-state index contributed by atoms with van der Waals surface area (Å²) in [6.45, 7) is 2.17. The van der Waals surface area contributed by atoms with E-state index in [0.717, 1.165) is 60.8 Å². The zero-order valence-corrected chi connectivity index (χ0v) is 14.3. The van der Waals surface area contributed by atoms with Crippen molar-refractivity contribution in [1.82, 2.24) is 19.9 Å². The molecule has 1 saturated heterocycles. The second-order valence-corrected chi connectivity index (χ2v) is 6.47. The predicted molar refractivity (Wildman–Crippen MR) is 97.5 cm³/mol. The molecule has 8 heteroatoms. The Morgan fingerprint density at radius 1 is 1.27 bits per heavy atom. The van der Waals surface area contributed by atoms with Gasteiger partial charge < -0.3 is 20.8 Å². The van der Waals surface area contributed by atoms with Gasteiger partial charge in [-0.3, -0.25) is 0 Å². The molecule has 1 aliphatic heterocycles. The number of nitrogen functional groups attached to an aromatic ring is 1. The van der Waals surface area contributed by atoms with Crippen LogP contribution in [0.2, 0.25) is 0 Å². The maximum Gasteiger partial charge on any atom is 0.222 e. The monoisotopic (exact) mass is 356 g/mol. The van der Waals surface area contributed by atoms with Crippen LogP contribution in [0.4, 0.5) is 16.2 Å². The molecular formula is C18H21FN6O. The van der Waals surface area contributed by atoms with Crippen molar-refractivity contribution in [1.29, 1.82) is 0 Å². The van der Waals surface area contributed by atoms with E-state index in [0.29, 0.717) is 6.61 Å². The molecule has 1 fully saturated rings. The number of aromatic nitrogens is 4. The number of hydrogen-bond acceptors (Lipinski definition) is 6. The molecule has 1 atom stereocenters. The third kappa shape index (κ3) is 3.75. The topological polar surface area (TPSA) is 102 Å². The number of fused-ring (bicyclic) bond motifs is 1. The number of aryl methyl sites for hydroxylation is 1. The fourth-order valence-electron chi connectivity index (χ4n) is 3.18. The van der Waals surface area contributed by atoms with Crippen molar-refractivity contribution in [2.45, 2.75) is 25.2 Å². The Balaban J connectivity index is 1.34. The molecule has 136 valence electrons. The zero-order valence-electron chi connectivity index (χ0n) is 14.3. The quantitative estimate of drug-likeness (QED) is 0.587. The average molecular weight is 356 g/mol. The Morgan fingerprint density at radius 3 is 3.04 bits per heavy atom. The predicted octanol–water partition coefficient (Wildman–Crippen LogP) is 2.62. The van der Waals surface area contributed by atoms with Gasteiger partial charge in [-0.2, -0.15) is 4.98 Å². The van der Waals surface area contributed by atoms with E-state index < -0.39 is 0 Å². The molecule has 0 saturated carbocycles. The van der Waals surface area contributed by atoms with Gasteiger partial charge in [0.25, 0.3) is 0 Å². The minimum Gasteiger partial charge on any atom is -0.381 e. The van der Waals surface area contributed by atoms with Crippen LogP contribution < -0.4 is 11.1 Å². The Labute approximate surface area is 150 Å². The van der Waals surface area contributed by atoms with Gasteiger partial charge in [0.1, 0.15) is 17.5 Å². The second kappa shape index (κ2) is 7.25. The first-order valence-corrected chi connectivity index (χ1v) is 8.77. The number of nitrogens with zero attached hydrogens (tertiary/aromatic N) is 3. The normalized spacial score (nSPS) is 17.0. The van der Waals surface area contributed by atoms with Gasteiger partial charge in [0, 0.05) is 31.6 Å². The van der Waals surface area contributed by atoms with Crippen molar-refractivity contribution < 1.29 is 9.13 Å². The van der Waals surface area contributed by atoms with E-state index in [9.17, 15) is 4.39 Å². The number of nitrogens with one attached hydrogen (secondary N) is 2. The van der Waals surface area contributed by atoms with E-state index in [1.165, 1.54) is 12.1 Å². The lowest BCUT2D eigenvalue weighted by Gasteiger charge is -2.11. The molecule has 4 rings (SSSR count). The third-order valence-electron chi connectivity index (χ3n) is 4.50. The smallest absolute Gasteiger partial charge is 0.222 e. The molecule has 0 aliphatic carbocycles. The van der Waals surface area contributed by atoms with E-state index in [2.05, 4.69) is 25.3 Å². The van der Waals surface area contributed by atoms with Crippen LogP contribution >= 0.6 is 0 Å². The largest absolute Gasteiger partial charge is 0.381 e. The Hall–Kier alpha value is -2.74. The zero-order chi connectivity index (χ0) is 17.9. The van der Waals surface area contributed by atoms with E-state index in [1.54, 1.807) is 6.07 Å². The van der Waals surface area contributed by atoms with Crippen LogP contribution in [-0.4, -0.2) is 39.7 Å². The van der Waals surface area contributed by atoms with Crippen molar-refractivity contribution in [3.05, 3.63) is 41.6 Å². The number of halogens is 1. The highest BCUT2D eigenvalue weighted by molar-refractivity contribution is 5.74. The Morgan fingerprint density at radius 2 is 2.19 bits per heavy atom. The molecule has 4 N–H and O–H groups in total. The summed E-state index contributed by atoms with van der Waals surface area (Å²) >= 11 is 0. The Bertz CT molecular complexity index is 906. The minimum atomic E-state index is -0.265. The van der Waals surface area contributed by atoms with Crippen molar-refractivity contribution in [3.8, 4) is 0 Å². The number of imidazole rings is 1. The molecule has 3 aromatic rings. The number of nitrogens with two attached hydrogens (primary N) is 1. The maximum absolute atomic E-state index is 13.2. The van der Waals surface area contributed by atoms with Crippen LogP contribution in [0.1, 0.15) is 30.3 Å². The van der Waals surface area contributed by atoms with Gasteiger partial charge in [-0.25, -0.2) is 14.4 Å². The molecule has 0 spiro atoms. The number of benzene rings is 1. The highest BCUT2D eigenvalue weighted by Crippen LogP contribution is 2.25. The number of hydrogen-bond donors (Lipinski definition) is 3. The van der Waals surface area contributed by atoms with Gasteiger partial charge in [-0.1, -0.05) is 0 Å². The summed E-state index contributed by atoms with van der Waals surface area (Å²) in [5.74, 6) is 1.87. The molecule has 1 aromatic carbocycles. The first-order chi connectivity index (χ1) is 12.7. The number of rotatable bonds is 6. The first kappa shape index (κ1) is 16.7. The highest BCUT2D eigenvalue weighted by Gasteiger charge is 2.20. The van der Waals surface area contributed by atoms with Gasteiger partial charge >= 0.3 is 0 Å². The Kier molecular flexibility index (Phi) is 4.66. The standard InChI is InChI=1S/C18H21FN6O/c19-12-3-4-13-15(8-12)23-16(22-13)2-1-6-21-17-9-14(24-18(20)25-17)11-5-7-26-10-11/h3-4,8-9,11H,1-2,5-7,10H2,(H,22,23)(H3,20,21,24,25)/t11-/m1/s1. The lowest BCUT2D eigenvalue weighted by atomic mass is 10.0. The fourth-order valence-corrected chi connectivity index (χ4v) is 3.18. The van der Waals surface area contributed by atoms with Crippen LogP contribution in [0.3, 0.4) is 0 Å². The molecule has 0 radical (unpaired) electrons. The molecular weight excluding hydrogens is 335 g/mol. The molecule has 7 nitrogen and oxygen atoms in total. The highest BCUT2D eigenvalue weighted by atomic mass is 19.1. The molecule has 3 heterocycles. The fraction of sp³-hybridized carbons (Fsp3) is 0.389. The van der Waals surface area contributed by atoms with E-state index in [-0.39, 0.29) is 17.7 Å². The lowest BCUT2D eigenvalue weighted by molar-refractivity contribution is 0.193. The van der Waals surface area contributed by atoms with Gasteiger partial charge in [-0.05, 0) is 31.0 Å². The van der Waals surface area contributed by atoms with E-state index >= 15 is 0 Å². The summed E-state index contributed by atoms with van der Waals surface area (Å²) in [6.07, 6.45) is 2.57. The molecule has 26 heavy (non-hydrogen) atoms. The summed E-state index contributed by atoms with van der Waals surface area (Å²) < 4.78 is 18.6. The first-order valence-electron chi connectivity index (χ1n) is 8.77. The molecule has 1 aliphatic rings. The van der Waals surface area contributed by atoms with Crippen molar-refractivity contribution in [2.24, 2.45) is 0 Å². The third-order valence-corrected chi connectivity index (χ3v) is 4.50. The molecule has 0 bridgehead atoms. The van der Waals surface area contributed by atoms with Crippen LogP contribution in [0.5, 0.6) is 0 Å². The summed E-state index contributed by atoms with van der Waals surface area (Å²) in [5, 5.41) is 3.29. The average Bonchev–Trinajstić information content (AvgIpc) is 3.27. The van der Waals surface area contributed by atoms with Crippen LogP contribution in [-0.2, 0) is 11.2 Å². The van der Waals surface area contributed by atoms with E-state index in [4.69, 9.17) is 10.5 Å². The van der Waals surface area contributed by atoms with Gasteiger partial charge in [0.05, 0.1) is 23.3 Å². The number of H-pyrrole nitrogens is 1. The summed E-state index contributed by atoms with van der Waals surface area (Å²) in [5.41, 5.74) is 8.26. The molecule has 2 aromatic heterocycles. The minimum absolute atomic E-state index is 0.265. The SMILES string of the molecule is Nc1nc(NCCCc2nc3ccc(F)cc3[nH]2)cc([C@@H]2CCOC2)n1. The molecule has 0 amide bonds. The van der Waals surface area contributed by atoms with Gasteiger partial charge in [0.2, 0.25) is 5.95 Å². The van der Waals surface area contributed by atoms with Crippen molar-refractivity contribution in [3.63, 3.8) is 0 Å². The second-order valence-electron chi connectivity index (χ2n) is 6.47. The van der Waals surface area contributed by atoms with Crippen LogP contribution in [0, 0.1) is 5.82 Å². The van der Waals surface area contributed by atoms with Crippen LogP contribution in [0.25, 0.3) is 11.0 Å². The lowest BCUT2D eigenvalue weighted by Crippen LogP contribution is -2.10. The van der Waals surface area contributed by atoms with E-state index in [1.807, 2.05) is 6.07 Å². The number of anilines is 2. The van der Waals surface area contributed by atoms with Gasteiger partial charge in [0.15, 0.2) is 0 Å². The summed E-state index contributed by atoms with van der Waals surface area (Å²) in [6, 6.07) is 6.50.